The third-order valence-electron chi connectivity index (χ3n) is 4.74. The molecule has 0 N–H and O–H groups in total. The Kier molecular flexibility index (Phi) is 4.67. The lowest BCUT2D eigenvalue weighted by atomic mass is 10.2. The van der Waals surface area contributed by atoms with E-state index in [4.69, 9.17) is 4.74 Å². The minimum Gasteiger partial charge on any atom is -0.465 e. The topological polar surface area (TPSA) is 78.5 Å². The van der Waals surface area contributed by atoms with Gasteiger partial charge in [-0.1, -0.05) is 36.7 Å². The zero-order valence-electron chi connectivity index (χ0n) is 14.6. The standard InChI is InChI=1S/C18H20N4O3S/c1-2-25-15(23)11-26-18-20-19-17-21(12-7-3-4-8-12)16(24)13-9-5-6-10-14(13)22(17)18/h5-6,9-10,12H,2-4,7-8,11H2,1H3. The summed E-state index contributed by atoms with van der Waals surface area (Å²) in [6, 6.07) is 7.63. The number of aromatic nitrogens is 4. The van der Waals surface area contributed by atoms with Crippen LogP contribution >= 0.6 is 11.8 Å². The Morgan fingerprint density at radius 1 is 1.27 bits per heavy atom. The zero-order chi connectivity index (χ0) is 18.1. The van der Waals surface area contributed by atoms with Gasteiger partial charge in [0.1, 0.15) is 0 Å². The summed E-state index contributed by atoms with van der Waals surface area (Å²) in [7, 11) is 0. The van der Waals surface area contributed by atoms with Crippen LogP contribution in [0.3, 0.4) is 0 Å². The lowest BCUT2D eigenvalue weighted by Gasteiger charge is -2.16. The molecule has 1 aliphatic carbocycles. The van der Waals surface area contributed by atoms with Crippen molar-refractivity contribution in [3.63, 3.8) is 0 Å². The highest BCUT2D eigenvalue weighted by molar-refractivity contribution is 7.99. The van der Waals surface area contributed by atoms with Crippen LogP contribution in [-0.4, -0.2) is 37.5 Å². The van der Waals surface area contributed by atoms with Crippen LogP contribution in [0.2, 0.25) is 0 Å². The molecule has 0 amide bonds. The Balaban J connectivity index is 1.88. The fourth-order valence-electron chi connectivity index (χ4n) is 3.61. The molecule has 1 saturated carbocycles. The van der Waals surface area contributed by atoms with Crippen LogP contribution in [0.15, 0.2) is 34.2 Å². The van der Waals surface area contributed by atoms with Gasteiger partial charge < -0.3 is 4.74 Å². The van der Waals surface area contributed by atoms with E-state index in [-0.39, 0.29) is 23.3 Å². The van der Waals surface area contributed by atoms with Crippen LogP contribution in [0.4, 0.5) is 0 Å². The molecule has 4 rings (SSSR count). The molecule has 0 atom stereocenters. The lowest BCUT2D eigenvalue weighted by Crippen LogP contribution is -2.26. The summed E-state index contributed by atoms with van der Waals surface area (Å²) in [5.74, 6) is 0.417. The Labute approximate surface area is 154 Å². The van der Waals surface area contributed by atoms with Crippen molar-refractivity contribution >= 4 is 34.4 Å². The average Bonchev–Trinajstić information content (AvgIpc) is 3.31. The van der Waals surface area contributed by atoms with Gasteiger partial charge in [-0.25, -0.2) is 0 Å². The van der Waals surface area contributed by atoms with E-state index in [1.54, 1.807) is 11.5 Å². The molecule has 0 spiro atoms. The summed E-state index contributed by atoms with van der Waals surface area (Å²) in [5.41, 5.74) is 0.743. The highest BCUT2D eigenvalue weighted by Gasteiger charge is 2.24. The van der Waals surface area contributed by atoms with Crippen LogP contribution in [0.5, 0.6) is 0 Å². The lowest BCUT2D eigenvalue weighted by molar-refractivity contribution is -0.139. The van der Waals surface area contributed by atoms with Gasteiger partial charge >= 0.3 is 5.97 Å². The van der Waals surface area contributed by atoms with Crippen LogP contribution in [-0.2, 0) is 9.53 Å². The summed E-state index contributed by atoms with van der Waals surface area (Å²) in [4.78, 5) is 24.8. The summed E-state index contributed by atoms with van der Waals surface area (Å²) in [6.07, 6.45) is 4.20. The first-order chi connectivity index (χ1) is 12.7. The molecule has 2 aromatic heterocycles. The number of rotatable bonds is 5. The molecule has 7 nitrogen and oxygen atoms in total. The predicted molar refractivity (Wildman–Crippen MR) is 99.6 cm³/mol. The van der Waals surface area contributed by atoms with Crippen molar-refractivity contribution in [1.29, 1.82) is 0 Å². The quantitative estimate of drug-likeness (QED) is 0.506. The van der Waals surface area contributed by atoms with Gasteiger partial charge in [-0.15, -0.1) is 10.2 Å². The minimum absolute atomic E-state index is 0.0191. The van der Waals surface area contributed by atoms with Crippen molar-refractivity contribution in [3.05, 3.63) is 34.6 Å². The van der Waals surface area contributed by atoms with Crippen LogP contribution in [0, 0.1) is 0 Å². The Morgan fingerprint density at radius 3 is 2.81 bits per heavy atom. The van der Waals surface area contributed by atoms with Gasteiger partial charge in [0.2, 0.25) is 5.78 Å². The van der Waals surface area contributed by atoms with E-state index in [0.29, 0.717) is 22.9 Å². The Morgan fingerprint density at radius 2 is 2.04 bits per heavy atom. The number of nitrogens with zero attached hydrogens (tertiary/aromatic N) is 4. The second-order valence-electron chi connectivity index (χ2n) is 6.34. The Hall–Kier alpha value is -2.35. The van der Waals surface area contributed by atoms with Gasteiger partial charge in [0.15, 0.2) is 5.16 Å². The molecule has 2 heterocycles. The molecule has 136 valence electrons. The normalized spacial score (nSPS) is 15.1. The van der Waals surface area contributed by atoms with Gasteiger partial charge in [0, 0.05) is 6.04 Å². The molecule has 0 bridgehead atoms. The highest BCUT2D eigenvalue weighted by atomic mass is 32.2. The van der Waals surface area contributed by atoms with Crippen molar-refractivity contribution in [3.8, 4) is 0 Å². The number of ether oxygens (including phenoxy) is 1. The molecule has 0 unspecified atom stereocenters. The fraction of sp³-hybridized carbons (Fsp3) is 0.444. The SMILES string of the molecule is CCOC(=O)CSc1nnc2n(C3CCCC3)c(=O)c3ccccc3n12. The molecule has 0 aliphatic heterocycles. The molecule has 1 fully saturated rings. The third kappa shape index (κ3) is 2.88. The zero-order valence-corrected chi connectivity index (χ0v) is 15.4. The second-order valence-corrected chi connectivity index (χ2v) is 7.28. The maximum absolute atomic E-state index is 13.1. The van der Waals surface area contributed by atoms with Gasteiger partial charge in [0.25, 0.3) is 5.56 Å². The number of thioether (sulfide) groups is 1. The first-order valence-electron chi connectivity index (χ1n) is 8.87. The number of para-hydroxylation sites is 1. The average molecular weight is 372 g/mol. The molecule has 26 heavy (non-hydrogen) atoms. The van der Waals surface area contributed by atoms with E-state index in [9.17, 15) is 9.59 Å². The maximum atomic E-state index is 13.1. The van der Waals surface area contributed by atoms with Crippen molar-refractivity contribution in [2.24, 2.45) is 0 Å². The summed E-state index contributed by atoms with van der Waals surface area (Å²) in [5, 5.41) is 9.80. The first-order valence-corrected chi connectivity index (χ1v) is 9.86. The van der Waals surface area contributed by atoms with E-state index in [1.165, 1.54) is 11.8 Å². The molecular formula is C18H20N4O3S. The van der Waals surface area contributed by atoms with E-state index in [1.807, 2.05) is 28.7 Å². The van der Waals surface area contributed by atoms with Crippen LogP contribution in [0.25, 0.3) is 16.7 Å². The number of hydrogen-bond acceptors (Lipinski definition) is 6. The largest absolute Gasteiger partial charge is 0.465 e. The molecular weight excluding hydrogens is 352 g/mol. The maximum Gasteiger partial charge on any atom is 0.316 e. The molecule has 0 saturated heterocycles. The summed E-state index contributed by atoms with van der Waals surface area (Å²) in [6.45, 7) is 2.13. The van der Waals surface area contributed by atoms with Crippen LogP contribution in [0.1, 0.15) is 38.6 Å². The summed E-state index contributed by atoms with van der Waals surface area (Å²) < 4.78 is 8.67. The monoisotopic (exact) mass is 372 g/mol. The van der Waals surface area contributed by atoms with Gasteiger partial charge in [-0.3, -0.25) is 18.6 Å². The van der Waals surface area contributed by atoms with Crippen molar-refractivity contribution in [2.75, 3.05) is 12.4 Å². The number of benzene rings is 1. The van der Waals surface area contributed by atoms with Crippen molar-refractivity contribution in [1.82, 2.24) is 19.2 Å². The number of carbonyl (C=O) groups is 1. The smallest absolute Gasteiger partial charge is 0.316 e. The minimum atomic E-state index is -0.289. The van der Waals surface area contributed by atoms with Gasteiger partial charge in [0.05, 0.1) is 23.3 Å². The van der Waals surface area contributed by atoms with Crippen LogP contribution < -0.4 is 5.56 Å². The van der Waals surface area contributed by atoms with E-state index < -0.39 is 0 Å². The fourth-order valence-corrected chi connectivity index (χ4v) is 4.35. The van der Waals surface area contributed by atoms with Gasteiger partial charge in [-0.05, 0) is 31.9 Å². The van der Waals surface area contributed by atoms with E-state index in [2.05, 4.69) is 10.2 Å². The first kappa shape index (κ1) is 17.1. The number of fused-ring (bicyclic) bond motifs is 3. The third-order valence-corrected chi connectivity index (χ3v) is 5.64. The number of hydrogen-bond donors (Lipinski definition) is 0. The Bertz CT molecular complexity index is 1020. The van der Waals surface area contributed by atoms with E-state index >= 15 is 0 Å². The molecule has 0 radical (unpaired) electrons. The molecule has 1 aliphatic rings. The molecule has 3 aromatic rings. The molecule has 8 heteroatoms. The number of esters is 1. The highest BCUT2D eigenvalue weighted by Crippen LogP contribution is 2.31. The van der Waals surface area contributed by atoms with Crippen molar-refractivity contribution in [2.45, 2.75) is 43.8 Å². The second kappa shape index (κ2) is 7.11. The van der Waals surface area contributed by atoms with Crippen molar-refractivity contribution < 1.29 is 9.53 Å². The number of carbonyl (C=O) groups excluding carboxylic acids is 1. The molecule has 1 aromatic carbocycles. The summed E-state index contributed by atoms with van der Waals surface area (Å²) >= 11 is 1.28. The predicted octanol–water partition coefficient (Wildman–Crippen LogP) is 2.81. The van der Waals surface area contributed by atoms with E-state index in [0.717, 1.165) is 31.2 Å². The van der Waals surface area contributed by atoms with Gasteiger partial charge in [-0.2, -0.15) is 0 Å².